The van der Waals surface area contributed by atoms with Gasteiger partial charge in [0.2, 0.25) is 0 Å². The van der Waals surface area contributed by atoms with E-state index >= 15 is 0 Å². The van der Waals surface area contributed by atoms with E-state index < -0.39 is 0 Å². The van der Waals surface area contributed by atoms with Gasteiger partial charge in [-0.3, -0.25) is 4.79 Å². The number of hydrogen-bond donors (Lipinski definition) is 1. The van der Waals surface area contributed by atoms with E-state index in [1.54, 1.807) is 13.0 Å². The number of Topliss-reactive ketones (excluding diaryl/α,β-unsaturated/α-hetero) is 1. The molecule has 0 spiro atoms. The lowest BCUT2D eigenvalue weighted by Gasteiger charge is -2.06. The highest BCUT2D eigenvalue weighted by Gasteiger charge is 2.10. The summed E-state index contributed by atoms with van der Waals surface area (Å²) < 4.78 is 4.99. The van der Waals surface area contributed by atoms with Crippen molar-refractivity contribution in [3.63, 3.8) is 0 Å². The normalized spacial score (nSPS) is 9.69. The van der Waals surface area contributed by atoms with Gasteiger partial charge >= 0.3 is 0 Å². The summed E-state index contributed by atoms with van der Waals surface area (Å²) in [6.45, 7) is 1.77. The van der Waals surface area contributed by atoms with Gasteiger partial charge in [-0.1, -0.05) is 6.92 Å². The van der Waals surface area contributed by atoms with Crippen LogP contribution in [0.15, 0.2) is 18.2 Å². The monoisotopic (exact) mass is 180 g/mol. The van der Waals surface area contributed by atoms with E-state index in [1.807, 2.05) is 0 Å². The molecule has 3 heteroatoms. The molecule has 1 rings (SSSR count). The molecule has 1 aromatic rings. The summed E-state index contributed by atoms with van der Waals surface area (Å²) in [6, 6.07) is 4.49. The molecular formula is C10H12O3. The first-order valence-electron chi connectivity index (χ1n) is 4.09. The molecule has 1 N–H and O–H groups in total. The van der Waals surface area contributed by atoms with Crippen LogP contribution in [0.4, 0.5) is 0 Å². The summed E-state index contributed by atoms with van der Waals surface area (Å²) in [5, 5.41) is 9.17. The number of benzene rings is 1. The highest BCUT2D eigenvalue weighted by atomic mass is 16.5. The quantitative estimate of drug-likeness (QED) is 0.723. The predicted octanol–water partition coefficient (Wildman–Crippen LogP) is 1.99. The first kappa shape index (κ1) is 9.58. The minimum absolute atomic E-state index is 0.0345. The second-order valence-electron chi connectivity index (χ2n) is 2.66. The molecule has 0 aliphatic carbocycles. The highest BCUT2D eigenvalue weighted by molar-refractivity contribution is 5.98. The molecule has 0 saturated carbocycles. The van der Waals surface area contributed by atoms with Crippen molar-refractivity contribution in [2.24, 2.45) is 0 Å². The maximum absolute atomic E-state index is 11.4. The Hall–Kier alpha value is -1.51. The number of ketones is 1. The van der Waals surface area contributed by atoms with Gasteiger partial charge in [0.1, 0.15) is 11.5 Å². The number of carbonyl (C=O) groups excluding carboxylic acids is 1. The molecule has 0 aliphatic heterocycles. The Morgan fingerprint density at radius 3 is 2.77 bits per heavy atom. The van der Waals surface area contributed by atoms with Crippen molar-refractivity contribution in [3.05, 3.63) is 23.8 Å². The average Bonchev–Trinajstić information content (AvgIpc) is 2.16. The minimum Gasteiger partial charge on any atom is -0.508 e. The SMILES string of the molecule is CCC(=O)c1cc(O)ccc1OC. The number of carbonyl (C=O) groups is 1. The predicted molar refractivity (Wildman–Crippen MR) is 49.3 cm³/mol. The van der Waals surface area contributed by atoms with Gasteiger partial charge < -0.3 is 9.84 Å². The molecular weight excluding hydrogens is 168 g/mol. The van der Waals surface area contributed by atoms with Crippen molar-refractivity contribution in [1.82, 2.24) is 0 Å². The van der Waals surface area contributed by atoms with Crippen LogP contribution in [0.3, 0.4) is 0 Å². The van der Waals surface area contributed by atoms with Crippen LogP contribution in [0, 0.1) is 0 Å². The molecule has 0 amide bonds. The van der Waals surface area contributed by atoms with Gasteiger partial charge in [0.05, 0.1) is 12.7 Å². The third-order valence-electron chi connectivity index (χ3n) is 1.80. The molecule has 3 nitrogen and oxygen atoms in total. The van der Waals surface area contributed by atoms with Gasteiger partial charge in [-0.2, -0.15) is 0 Å². The van der Waals surface area contributed by atoms with Crippen LogP contribution < -0.4 is 4.74 Å². The summed E-state index contributed by atoms with van der Waals surface area (Å²) >= 11 is 0. The highest BCUT2D eigenvalue weighted by Crippen LogP contribution is 2.24. The maximum atomic E-state index is 11.4. The Morgan fingerprint density at radius 2 is 2.23 bits per heavy atom. The van der Waals surface area contributed by atoms with Gasteiger partial charge in [-0.25, -0.2) is 0 Å². The minimum atomic E-state index is -0.0345. The molecule has 0 radical (unpaired) electrons. The number of phenolic OH excluding ortho intramolecular Hbond substituents is 1. The smallest absolute Gasteiger partial charge is 0.166 e. The Labute approximate surface area is 77.0 Å². The fourth-order valence-electron chi connectivity index (χ4n) is 1.10. The van der Waals surface area contributed by atoms with Gasteiger partial charge in [-0.05, 0) is 18.2 Å². The Morgan fingerprint density at radius 1 is 1.54 bits per heavy atom. The van der Waals surface area contributed by atoms with Crippen molar-refractivity contribution in [2.75, 3.05) is 7.11 Å². The number of aromatic hydroxyl groups is 1. The van der Waals surface area contributed by atoms with Crippen molar-refractivity contribution >= 4 is 5.78 Å². The van der Waals surface area contributed by atoms with Crippen molar-refractivity contribution in [3.8, 4) is 11.5 Å². The number of methoxy groups -OCH3 is 1. The van der Waals surface area contributed by atoms with Crippen LogP contribution in [0.5, 0.6) is 11.5 Å². The summed E-state index contributed by atoms with van der Waals surface area (Å²) in [6.07, 6.45) is 0.403. The van der Waals surface area contributed by atoms with E-state index in [9.17, 15) is 4.79 Å². The maximum Gasteiger partial charge on any atom is 0.166 e. The van der Waals surface area contributed by atoms with Crippen LogP contribution in [-0.4, -0.2) is 18.0 Å². The van der Waals surface area contributed by atoms with Crippen LogP contribution in [0.2, 0.25) is 0 Å². The zero-order valence-electron chi connectivity index (χ0n) is 7.70. The molecule has 0 fully saturated rings. The van der Waals surface area contributed by atoms with Crippen molar-refractivity contribution in [2.45, 2.75) is 13.3 Å². The Bertz CT molecular complexity index is 318. The summed E-state index contributed by atoms with van der Waals surface area (Å²) in [7, 11) is 1.50. The fraction of sp³-hybridized carbons (Fsp3) is 0.300. The van der Waals surface area contributed by atoms with Gasteiger partial charge in [0.15, 0.2) is 5.78 Å². The molecule has 70 valence electrons. The number of phenols is 1. The van der Waals surface area contributed by atoms with Gasteiger partial charge in [0.25, 0.3) is 0 Å². The van der Waals surface area contributed by atoms with E-state index in [2.05, 4.69) is 0 Å². The van der Waals surface area contributed by atoms with Crippen LogP contribution in [-0.2, 0) is 0 Å². The van der Waals surface area contributed by atoms with Crippen LogP contribution >= 0.6 is 0 Å². The Balaban J connectivity index is 3.15. The van der Waals surface area contributed by atoms with E-state index in [4.69, 9.17) is 9.84 Å². The number of ether oxygens (including phenoxy) is 1. The molecule has 1 aromatic carbocycles. The molecule has 13 heavy (non-hydrogen) atoms. The lowest BCUT2D eigenvalue weighted by Crippen LogP contribution is -1.99. The van der Waals surface area contributed by atoms with E-state index in [1.165, 1.54) is 19.2 Å². The molecule has 0 aromatic heterocycles. The zero-order chi connectivity index (χ0) is 9.84. The third kappa shape index (κ3) is 1.99. The van der Waals surface area contributed by atoms with Crippen molar-refractivity contribution < 1.29 is 14.6 Å². The van der Waals surface area contributed by atoms with E-state index in [0.717, 1.165) is 0 Å². The zero-order valence-corrected chi connectivity index (χ0v) is 7.70. The Kier molecular flexibility index (Phi) is 2.90. The van der Waals surface area contributed by atoms with E-state index in [0.29, 0.717) is 17.7 Å². The van der Waals surface area contributed by atoms with E-state index in [-0.39, 0.29) is 11.5 Å². The third-order valence-corrected chi connectivity index (χ3v) is 1.80. The molecule has 0 bridgehead atoms. The van der Waals surface area contributed by atoms with Crippen LogP contribution in [0.25, 0.3) is 0 Å². The van der Waals surface area contributed by atoms with Crippen LogP contribution in [0.1, 0.15) is 23.7 Å². The fourth-order valence-corrected chi connectivity index (χ4v) is 1.10. The summed E-state index contributed by atoms with van der Waals surface area (Å²) in [5.41, 5.74) is 0.435. The molecule has 0 unspecified atom stereocenters. The largest absolute Gasteiger partial charge is 0.508 e. The standard InChI is InChI=1S/C10H12O3/c1-3-9(12)8-6-7(11)4-5-10(8)13-2/h4-6,11H,3H2,1-2H3. The molecule has 0 aliphatic rings. The number of hydrogen-bond acceptors (Lipinski definition) is 3. The first-order chi connectivity index (χ1) is 6.19. The average molecular weight is 180 g/mol. The second kappa shape index (κ2) is 3.94. The lowest BCUT2D eigenvalue weighted by atomic mass is 10.1. The molecule has 0 atom stereocenters. The summed E-state index contributed by atoms with van der Waals surface area (Å²) in [5.74, 6) is 0.551. The molecule has 0 heterocycles. The molecule has 0 saturated heterocycles. The van der Waals surface area contributed by atoms with Gasteiger partial charge in [-0.15, -0.1) is 0 Å². The second-order valence-corrected chi connectivity index (χ2v) is 2.66. The van der Waals surface area contributed by atoms with Gasteiger partial charge in [0, 0.05) is 6.42 Å². The lowest BCUT2D eigenvalue weighted by molar-refractivity contribution is 0.0985. The first-order valence-corrected chi connectivity index (χ1v) is 4.09. The topological polar surface area (TPSA) is 46.5 Å². The number of rotatable bonds is 3. The van der Waals surface area contributed by atoms with Crippen molar-refractivity contribution in [1.29, 1.82) is 0 Å². The summed E-state index contributed by atoms with van der Waals surface area (Å²) in [4.78, 5) is 11.4.